The highest BCUT2D eigenvalue weighted by molar-refractivity contribution is 6.33. The lowest BCUT2D eigenvalue weighted by Crippen LogP contribution is -2.40. The molecule has 7 nitrogen and oxygen atoms in total. The van der Waals surface area contributed by atoms with Gasteiger partial charge < -0.3 is 14.9 Å². The number of alkyl halides is 1. The lowest BCUT2D eigenvalue weighted by Gasteiger charge is -2.28. The number of rotatable bonds is 2. The second-order valence-electron chi connectivity index (χ2n) is 4.74. The van der Waals surface area contributed by atoms with Crippen molar-refractivity contribution in [3.63, 3.8) is 0 Å². The lowest BCUT2D eigenvalue weighted by molar-refractivity contribution is -0.118. The zero-order chi connectivity index (χ0) is 14.5. The van der Waals surface area contributed by atoms with E-state index in [0.717, 1.165) is 0 Å². The van der Waals surface area contributed by atoms with Crippen LogP contribution in [0.2, 0.25) is 5.15 Å². The van der Waals surface area contributed by atoms with Crippen LogP contribution in [-0.4, -0.2) is 54.7 Å². The summed E-state index contributed by atoms with van der Waals surface area (Å²) >= 11 is 5.89. The third-order valence-electron chi connectivity index (χ3n) is 3.53. The van der Waals surface area contributed by atoms with Crippen molar-refractivity contribution in [2.45, 2.75) is 31.0 Å². The van der Waals surface area contributed by atoms with Crippen LogP contribution in [0.5, 0.6) is 0 Å². The molecule has 0 spiro atoms. The molecular weight excluding hydrogens is 291 g/mol. The van der Waals surface area contributed by atoms with Gasteiger partial charge >= 0.3 is 0 Å². The molecule has 0 bridgehead atoms. The van der Waals surface area contributed by atoms with Gasteiger partial charge in [0.1, 0.15) is 24.1 Å². The first-order valence-electron chi connectivity index (χ1n) is 5.94. The first kappa shape index (κ1) is 13.6. The molecule has 0 radical (unpaired) electrons. The van der Waals surface area contributed by atoms with E-state index < -0.39 is 30.7 Å². The van der Waals surface area contributed by atoms with Gasteiger partial charge in [-0.2, -0.15) is 0 Å². The summed E-state index contributed by atoms with van der Waals surface area (Å²) in [5.74, 6) is 0. The van der Waals surface area contributed by atoms with Crippen molar-refractivity contribution < 1.29 is 19.3 Å². The molecule has 1 saturated heterocycles. The first-order chi connectivity index (χ1) is 9.49. The summed E-state index contributed by atoms with van der Waals surface area (Å²) in [6, 6.07) is 0. The van der Waals surface area contributed by atoms with E-state index in [1.807, 2.05) is 0 Å². The minimum atomic E-state index is -1.74. The summed E-state index contributed by atoms with van der Waals surface area (Å²) in [5.41, 5.74) is -0.923. The molecular formula is C11H12ClFN4O3. The molecule has 2 aromatic rings. The summed E-state index contributed by atoms with van der Waals surface area (Å²) in [5, 5.41) is 19.0. The van der Waals surface area contributed by atoms with Gasteiger partial charge in [-0.3, -0.25) is 4.57 Å². The molecule has 1 aliphatic heterocycles. The van der Waals surface area contributed by atoms with E-state index in [4.69, 9.17) is 21.4 Å². The topological polar surface area (TPSA) is 93.3 Å². The molecule has 0 saturated carbocycles. The van der Waals surface area contributed by atoms with E-state index in [1.54, 1.807) is 0 Å². The van der Waals surface area contributed by atoms with E-state index in [0.29, 0.717) is 11.2 Å². The van der Waals surface area contributed by atoms with Crippen LogP contribution in [0.3, 0.4) is 0 Å². The van der Waals surface area contributed by atoms with Gasteiger partial charge in [0.25, 0.3) is 0 Å². The highest BCUT2D eigenvalue weighted by Gasteiger charge is 2.54. The molecule has 20 heavy (non-hydrogen) atoms. The predicted molar refractivity (Wildman–Crippen MR) is 66.8 cm³/mol. The zero-order valence-corrected chi connectivity index (χ0v) is 11.2. The fourth-order valence-electron chi connectivity index (χ4n) is 2.41. The van der Waals surface area contributed by atoms with Crippen molar-refractivity contribution in [1.82, 2.24) is 19.5 Å². The lowest BCUT2D eigenvalue weighted by atomic mass is 10.1. The van der Waals surface area contributed by atoms with Gasteiger partial charge in [0.2, 0.25) is 0 Å². The maximum atomic E-state index is 14.4. The summed E-state index contributed by atoms with van der Waals surface area (Å²) in [6.45, 7) is 0.966. The maximum Gasteiger partial charge on any atom is 0.179 e. The van der Waals surface area contributed by atoms with Crippen molar-refractivity contribution in [1.29, 1.82) is 0 Å². The maximum absolute atomic E-state index is 14.4. The molecule has 4 atom stereocenters. The zero-order valence-electron chi connectivity index (χ0n) is 10.4. The van der Waals surface area contributed by atoms with Crippen LogP contribution < -0.4 is 0 Å². The van der Waals surface area contributed by atoms with E-state index in [-0.39, 0.29) is 5.15 Å². The van der Waals surface area contributed by atoms with Crippen LogP contribution in [-0.2, 0) is 10.5 Å². The van der Waals surface area contributed by atoms with Crippen LogP contribution in [0.25, 0.3) is 11.2 Å². The molecule has 1 fully saturated rings. The van der Waals surface area contributed by atoms with Gasteiger partial charge in [0.15, 0.2) is 22.7 Å². The molecule has 1 unspecified atom stereocenters. The summed E-state index contributed by atoms with van der Waals surface area (Å²) < 4.78 is 21.2. The Kier molecular flexibility index (Phi) is 3.13. The van der Waals surface area contributed by atoms with Crippen LogP contribution in [0.4, 0.5) is 4.39 Å². The molecule has 0 aromatic carbocycles. The standard InChI is InChI=1S/C11H12ClFN4O3/c1-11(8(13)7(19)5(2-18)20-11)17-4-16-6-9(12)14-3-15-10(6)17/h3-5,7-8,18-19H,2H2,1H3/t5-,7?,8+,11-/m1/s1. The third-order valence-corrected chi connectivity index (χ3v) is 3.81. The molecule has 2 N–H and O–H groups in total. The molecule has 0 amide bonds. The van der Waals surface area contributed by atoms with E-state index in [9.17, 15) is 9.50 Å². The van der Waals surface area contributed by atoms with Gasteiger partial charge in [-0.15, -0.1) is 0 Å². The van der Waals surface area contributed by atoms with E-state index in [1.165, 1.54) is 24.1 Å². The smallest absolute Gasteiger partial charge is 0.179 e. The Morgan fingerprint density at radius 2 is 2.25 bits per heavy atom. The van der Waals surface area contributed by atoms with Crippen LogP contribution >= 0.6 is 11.6 Å². The van der Waals surface area contributed by atoms with Crippen molar-refractivity contribution in [2.75, 3.05) is 6.61 Å². The number of halogens is 2. The highest BCUT2D eigenvalue weighted by Crippen LogP contribution is 2.39. The monoisotopic (exact) mass is 302 g/mol. The number of aliphatic hydroxyl groups excluding tert-OH is 2. The summed E-state index contributed by atoms with van der Waals surface area (Å²) in [7, 11) is 0. The second-order valence-corrected chi connectivity index (χ2v) is 5.10. The van der Waals surface area contributed by atoms with Gasteiger partial charge in [0.05, 0.1) is 12.9 Å². The van der Waals surface area contributed by atoms with Crippen molar-refractivity contribution in [3.05, 3.63) is 17.8 Å². The Hall–Kier alpha value is -1.35. The quantitative estimate of drug-likeness (QED) is 0.772. The summed E-state index contributed by atoms with van der Waals surface area (Å²) in [4.78, 5) is 11.8. The Labute approximate surface area is 118 Å². The van der Waals surface area contributed by atoms with Crippen LogP contribution in [0.15, 0.2) is 12.7 Å². The number of hydrogen-bond acceptors (Lipinski definition) is 6. The molecule has 3 rings (SSSR count). The summed E-state index contributed by atoms with van der Waals surface area (Å²) in [6.07, 6.45) is -1.63. The van der Waals surface area contributed by atoms with Gasteiger partial charge in [-0.05, 0) is 6.92 Å². The third kappa shape index (κ3) is 1.72. The SMILES string of the molecule is C[C@@]1(n2cnc3c(Cl)ncnc32)O[C@H](CO)C(O)[C@@H]1F. The average Bonchev–Trinajstić information content (AvgIpc) is 2.96. The molecule has 2 aromatic heterocycles. The van der Waals surface area contributed by atoms with Crippen LogP contribution in [0, 0.1) is 0 Å². The molecule has 0 aliphatic carbocycles. The Balaban J connectivity index is 2.13. The number of hydrogen-bond donors (Lipinski definition) is 2. The van der Waals surface area contributed by atoms with Gasteiger partial charge in [0, 0.05) is 0 Å². The van der Waals surface area contributed by atoms with E-state index >= 15 is 0 Å². The van der Waals surface area contributed by atoms with Gasteiger partial charge in [-0.25, -0.2) is 19.3 Å². The second kappa shape index (κ2) is 4.59. The number of aromatic nitrogens is 4. The van der Waals surface area contributed by atoms with E-state index in [2.05, 4.69) is 15.0 Å². The fourth-order valence-corrected chi connectivity index (χ4v) is 2.59. The Bertz CT molecular complexity index is 654. The number of aliphatic hydroxyl groups is 2. The number of imidazole rings is 1. The van der Waals surface area contributed by atoms with Crippen molar-refractivity contribution in [3.8, 4) is 0 Å². The minimum Gasteiger partial charge on any atom is -0.394 e. The predicted octanol–water partition coefficient (Wildman–Crippen LogP) is 0.242. The molecule has 9 heteroatoms. The fraction of sp³-hybridized carbons (Fsp3) is 0.545. The largest absolute Gasteiger partial charge is 0.394 e. The molecule has 108 valence electrons. The number of ether oxygens (including phenoxy) is 1. The van der Waals surface area contributed by atoms with Crippen LogP contribution in [0.1, 0.15) is 6.92 Å². The first-order valence-corrected chi connectivity index (χ1v) is 6.31. The van der Waals surface area contributed by atoms with Gasteiger partial charge in [-0.1, -0.05) is 11.6 Å². The minimum absolute atomic E-state index is 0.144. The Morgan fingerprint density at radius 1 is 1.50 bits per heavy atom. The molecule has 3 heterocycles. The number of fused-ring (bicyclic) bond motifs is 1. The highest BCUT2D eigenvalue weighted by atomic mass is 35.5. The average molecular weight is 303 g/mol. The Morgan fingerprint density at radius 3 is 2.90 bits per heavy atom. The van der Waals surface area contributed by atoms with Crippen molar-refractivity contribution in [2.24, 2.45) is 0 Å². The number of nitrogens with zero attached hydrogens (tertiary/aromatic N) is 4. The van der Waals surface area contributed by atoms with Crippen molar-refractivity contribution >= 4 is 22.8 Å². The molecule has 1 aliphatic rings. The normalized spacial score (nSPS) is 34.0.